The third-order valence-electron chi connectivity index (χ3n) is 6.84. The zero-order valence-electron chi connectivity index (χ0n) is 17.3. The monoisotopic (exact) mass is 428 g/mol. The highest BCUT2D eigenvalue weighted by molar-refractivity contribution is 6.24. The molecule has 0 bridgehead atoms. The van der Waals surface area contributed by atoms with E-state index in [2.05, 4.69) is 0 Å². The number of carbonyl (C=O) groups excluding carboxylic acids is 3. The molecule has 9 nitrogen and oxygen atoms in total. The van der Waals surface area contributed by atoms with Crippen molar-refractivity contribution in [2.75, 3.05) is 14.1 Å². The third-order valence-corrected chi connectivity index (χ3v) is 6.84. The van der Waals surface area contributed by atoms with Gasteiger partial charge in [0.15, 0.2) is 11.4 Å². The van der Waals surface area contributed by atoms with Crippen LogP contribution in [-0.4, -0.2) is 68.5 Å². The number of carbonyl (C=O) groups is 3. The lowest BCUT2D eigenvalue weighted by molar-refractivity contribution is -0.148. The number of ketones is 2. The second-order valence-electron chi connectivity index (χ2n) is 8.72. The summed E-state index contributed by atoms with van der Waals surface area (Å²) in [6.45, 7) is 1.81. The Morgan fingerprint density at radius 3 is 2.42 bits per heavy atom. The molecule has 0 spiro atoms. The van der Waals surface area contributed by atoms with Crippen LogP contribution < -0.4 is 5.73 Å². The van der Waals surface area contributed by atoms with Crippen molar-refractivity contribution in [1.29, 1.82) is 0 Å². The molecule has 0 radical (unpaired) electrons. The molecule has 31 heavy (non-hydrogen) atoms. The summed E-state index contributed by atoms with van der Waals surface area (Å²) in [6.07, 6.45) is 0.385. The van der Waals surface area contributed by atoms with Crippen LogP contribution in [0.25, 0.3) is 0 Å². The second kappa shape index (κ2) is 6.66. The van der Waals surface area contributed by atoms with Crippen molar-refractivity contribution in [3.63, 3.8) is 0 Å². The van der Waals surface area contributed by atoms with E-state index < -0.39 is 58.0 Å². The van der Waals surface area contributed by atoms with Crippen molar-refractivity contribution in [3.8, 4) is 5.75 Å². The Bertz CT molecular complexity index is 1120. The van der Waals surface area contributed by atoms with Crippen molar-refractivity contribution in [3.05, 3.63) is 51.5 Å². The zero-order chi connectivity index (χ0) is 23.0. The van der Waals surface area contributed by atoms with Gasteiger partial charge in [0.2, 0.25) is 5.78 Å². The summed E-state index contributed by atoms with van der Waals surface area (Å²) in [5.74, 6) is -6.41. The molecule has 0 aromatic heterocycles. The molecule has 4 atom stereocenters. The summed E-state index contributed by atoms with van der Waals surface area (Å²) in [7, 11) is 3.19. The Labute approximate surface area is 178 Å². The first-order valence-electron chi connectivity index (χ1n) is 9.89. The summed E-state index contributed by atoms with van der Waals surface area (Å²) < 4.78 is 0. The highest BCUT2D eigenvalue weighted by Crippen LogP contribution is 2.52. The number of aliphatic hydroxyl groups is 3. The molecule has 4 rings (SSSR count). The van der Waals surface area contributed by atoms with Gasteiger partial charge in [-0.2, -0.15) is 0 Å². The summed E-state index contributed by atoms with van der Waals surface area (Å²) >= 11 is 0. The maximum atomic E-state index is 13.3. The van der Waals surface area contributed by atoms with Crippen molar-refractivity contribution < 1.29 is 34.8 Å². The van der Waals surface area contributed by atoms with Gasteiger partial charge < -0.3 is 26.2 Å². The molecule has 164 valence electrons. The average Bonchev–Trinajstić information content (AvgIpc) is 2.67. The van der Waals surface area contributed by atoms with Crippen LogP contribution in [-0.2, 0) is 16.0 Å². The lowest BCUT2D eigenvalue weighted by Gasteiger charge is -2.50. The molecule has 1 aromatic rings. The standard InChI is InChI=1S/C22H24N2O7/c1-8-4-5-12(25)14-10(8)6-9-7-11-16(24(2)3)18(27)15(21(23)30)20(29)22(11,31)19(28)13(9)17(14)26/h4-5,9,11,16,25,27-28,31H,6-7H2,1-3H3,(H2,23,30)/t9-,11-,16-,22-/m0/s1. The quantitative estimate of drug-likeness (QED) is 0.424. The number of likely N-dealkylation sites (N-methyl/N-ethyl adjacent to an activating group) is 1. The number of Topliss-reactive ketones (excluding diaryl/α,β-unsaturated/α-hetero) is 2. The maximum absolute atomic E-state index is 13.3. The molecule has 0 saturated heterocycles. The summed E-state index contributed by atoms with van der Waals surface area (Å²) in [5, 5.41) is 43.5. The largest absolute Gasteiger partial charge is 0.510 e. The number of primary amides is 1. The lowest BCUT2D eigenvalue weighted by Crippen LogP contribution is -2.63. The fourth-order valence-electron chi connectivity index (χ4n) is 5.41. The van der Waals surface area contributed by atoms with Crippen molar-refractivity contribution in [2.45, 2.75) is 31.4 Å². The minimum Gasteiger partial charge on any atom is -0.510 e. The van der Waals surface area contributed by atoms with Crippen molar-refractivity contribution in [2.24, 2.45) is 17.6 Å². The van der Waals surface area contributed by atoms with Gasteiger partial charge in [-0.1, -0.05) is 6.07 Å². The van der Waals surface area contributed by atoms with Gasteiger partial charge in [0, 0.05) is 11.5 Å². The Kier molecular flexibility index (Phi) is 4.53. The van der Waals surface area contributed by atoms with Crippen LogP contribution in [0.5, 0.6) is 5.75 Å². The van der Waals surface area contributed by atoms with Crippen LogP contribution in [0.3, 0.4) is 0 Å². The van der Waals surface area contributed by atoms with Crippen LogP contribution in [0.15, 0.2) is 34.8 Å². The highest BCUT2D eigenvalue weighted by Gasteiger charge is 2.63. The molecule has 0 fully saturated rings. The van der Waals surface area contributed by atoms with E-state index in [0.717, 1.165) is 5.56 Å². The number of hydrogen-bond donors (Lipinski definition) is 5. The Morgan fingerprint density at radius 1 is 1.19 bits per heavy atom. The predicted molar refractivity (Wildman–Crippen MR) is 108 cm³/mol. The van der Waals surface area contributed by atoms with Crippen LogP contribution in [0.1, 0.15) is 27.9 Å². The smallest absolute Gasteiger partial charge is 0.255 e. The van der Waals surface area contributed by atoms with Gasteiger partial charge in [0.25, 0.3) is 5.91 Å². The third kappa shape index (κ3) is 2.60. The van der Waals surface area contributed by atoms with E-state index in [9.17, 15) is 34.8 Å². The molecule has 1 aromatic carbocycles. The SMILES string of the molecule is Cc1ccc(O)c2c1C[C@H]1C[C@H]3[C@H](N(C)C)C(O)=C(C(N)=O)C(=O)[C@@]3(O)C(O)=C1C2=O. The molecule has 3 aliphatic rings. The van der Waals surface area contributed by atoms with Crippen LogP contribution in [0.2, 0.25) is 0 Å². The Morgan fingerprint density at radius 2 is 1.84 bits per heavy atom. The van der Waals surface area contributed by atoms with Crippen LogP contribution in [0.4, 0.5) is 0 Å². The molecule has 0 unspecified atom stereocenters. The fraction of sp³-hybridized carbons (Fsp3) is 0.409. The molecular formula is C22H24N2O7. The number of rotatable bonds is 2. The van der Waals surface area contributed by atoms with Crippen LogP contribution in [0, 0.1) is 18.8 Å². The minimum absolute atomic E-state index is 0.0285. The summed E-state index contributed by atoms with van der Waals surface area (Å²) in [6, 6.07) is 2.08. The topological polar surface area (TPSA) is 161 Å². The number of nitrogens with zero attached hydrogens (tertiary/aromatic N) is 1. The molecule has 0 heterocycles. The molecule has 0 saturated carbocycles. The number of fused-ring (bicyclic) bond motifs is 3. The molecule has 6 N–H and O–H groups in total. The van der Waals surface area contributed by atoms with Crippen molar-refractivity contribution >= 4 is 17.5 Å². The van der Waals surface area contributed by atoms with Crippen LogP contribution >= 0.6 is 0 Å². The number of aromatic hydroxyl groups is 1. The minimum atomic E-state index is -2.61. The number of hydrogen-bond acceptors (Lipinski definition) is 8. The van der Waals surface area contributed by atoms with E-state index >= 15 is 0 Å². The van der Waals surface area contributed by atoms with E-state index in [-0.39, 0.29) is 23.3 Å². The van der Waals surface area contributed by atoms with Gasteiger partial charge in [-0.25, -0.2) is 0 Å². The van der Waals surface area contributed by atoms with Gasteiger partial charge >= 0.3 is 0 Å². The number of amides is 1. The van der Waals surface area contributed by atoms with Crippen molar-refractivity contribution in [1.82, 2.24) is 4.90 Å². The van der Waals surface area contributed by atoms with E-state index in [1.807, 2.05) is 0 Å². The zero-order valence-corrected chi connectivity index (χ0v) is 17.3. The first kappa shape index (κ1) is 21.1. The first-order valence-corrected chi connectivity index (χ1v) is 9.89. The number of nitrogens with two attached hydrogens (primary N) is 1. The second-order valence-corrected chi connectivity index (χ2v) is 8.72. The molecule has 9 heteroatoms. The average molecular weight is 428 g/mol. The first-order chi connectivity index (χ1) is 14.4. The predicted octanol–water partition coefficient (Wildman–Crippen LogP) is 0.429. The fourth-order valence-corrected chi connectivity index (χ4v) is 5.41. The number of aliphatic hydroxyl groups excluding tert-OH is 2. The molecule has 1 amide bonds. The highest BCUT2D eigenvalue weighted by atomic mass is 16.3. The Hall–Kier alpha value is -3.17. The summed E-state index contributed by atoms with van der Waals surface area (Å²) in [5.41, 5.74) is 3.18. The van der Waals surface area contributed by atoms with Gasteiger partial charge in [0.05, 0.1) is 11.6 Å². The van der Waals surface area contributed by atoms with Gasteiger partial charge in [-0.15, -0.1) is 0 Å². The lowest BCUT2D eigenvalue weighted by atomic mass is 9.58. The Balaban J connectivity index is 1.98. The number of phenolic OH excluding ortho intramolecular Hbond substituents is 1. The van der Waals surface area contributed by atoms with Gasteiger partial charge in [0.1, 0.15) is 22.8 Å². The van der Waals surface area contributed by atoms with E-state index in [1.54, 1.807) is 27.1 Å². The summed E-state index contributed by atoms with van der Waals surface area (Å²) in [4.78, 5) is 39.8. The van der Waals surface area contributed by atoms with E-state index in [0.29, 0.717) is 12.0 Å². The molecule has 0 aliphatic heterocycles. The van der Waals surface area contributed by atoms with Gasteiger partial charge in [-0.05, 0) is 57.0 Å². The number of benzene rings is 1. The maximum Gasteiger partial charge on any atom is 0.255 e. The number of aryl methyl sites for hydroxylation is 1. The number of phenols is 1. The van der Waals surface area contributed by atoms with E-state index in [4.69, 9.17) is 5.73 Å². The molecule has 3 aliphatic carbocycles. The molecular weight excluding hydrogens is 404 g/mol. The van der Waals surface area contributed by atoms with Gasteiger partial charge in [-0.3, -0.25) is 19.3 Å². The normalized spacial score (nSPS) is 30.3. The number of allylic oxidation sites excluding steroid dienone is 1. The van der Waals surface area contributed by atoms with E-state index in [1.165, 1.54) is 11.0 Å².